The second kappa shape index (κ2) is 4.09. The molecule has 0 fully saturated rings. The van der Waals surface area contributed by atoms with Crippen LogP contribution in [0.2, 0.25) is 0 Å². The number of carboxylic acid groups (broad SMARTS) is 1. The van der Waals surface area contributed by atoms with E-state index in [4.69, 9.17) is 5.11 Å². The summed E-state index contributed by atoms with van der Waals surface area (Å²) in [6, 6.07) is 13.9. The van der Waals surface area contributed by atoms with Crippen molar-refractivity contribution in [1.29, 1.82) is 0 Å². The molecule has 1 amide bonds. The molecule has 3 nitrogen and oxygen atoms in total. The molecule has 2 rings (SSSR count). The van der Waals surface area contributed by atoms with Gasteiger partial charge in [-0.1, -0.05) is 42.5 Å². The number of hydrogen-bond donors (Lipinski definition) is 2. The van der Waals surface area contributed by atoms with Crippen LogP contribution in [0.5, 0.6) is 0 Å². The van der Waals surface area contributed by atoms with Crippen LogP contribution in [0.25, 0.3) is 10.8 Å². The van der Waals surface area contributed by atoms with Gasteiger partial charge in [0.25, 0.3) is 0 Å². The minimum Gasteiger partial charge on any atom is -0.465 e. The molecule has 0 spiro atoms. The van der Waals surface area contributed by atoms with E-state index in [1.54, 1.807) is 0 Å². The molecule has 0 saturated heterocycles. The second-order valence-corrected chi connectivity index (χ2v) is 4.58. The summed E-state index contributed by atoms with van der Waals surface area (Å²) in [5, 5.41) is 13.6. The first-order chi connectivity index (χ1) is 8.00. The van der Waals surface area contributed by atoms with Crippen LogP contribution in [-0.2, 0) is 5.54 Å². The van der Waals surface area contributed by atoms with E-state index in [2.05, 4.69) is 5.32 Å². The molecule has 0 saturated carbocycles. The highest BCUT2D eigenvalue weighted by Gasteiger charge is 2.24. The SMILES string of the molecule is CC(C)(NC(=O)O)c1cccc2ccccc12. The monoisotopic (exact) mass is 229 g/mol. The lowest BCUT2D eigenvalue weighted by Crippen LogP contribution is -2.40. The van der Waals surface area contributed by atoms with Gasteiger partial charge in [0.2, 0.25) is 0 Å². The van der Waals surface area contributed by atoms with E-state index in [-0.39, 0.29) is 0 Å². The molecule has 0 aliphatic carbocycles. The van der Waals surface area contributed by atoms with Crippen molar-refractivity contribution >= 4 is 16.9 Å². The lowest BCUT2D eigenvalue weighted by atomic mass is 9.90. The maximum Gasteiger partial charge on any atom is 0.405 e. The standard InChI is InChI=1S/C14H15NO2/c1-14(2,15-13(16)17)12-9-5-7-10-6-3-4-8-11(10)12/h3-9,15H,1-2H3,(H,16,17). The van der Waals surface area contributed by atoms with Gasteiger partial charge in [-0.2, -0.15) is 0 Å². The summed E-state index contributed by atoms with van der Waals surface area (Å²) in [5.41, 5.74) is 0.380. The summed E-state index contributed by atoms with van der Waals surface area (Å²) < 4.78 is 0. The second-order valence-electron chi connectivity index (χ2n) is 4.58. The minimum absolute atomic E-state index is 0.604. The Hall–Kier alpha value is -2.03. The van der Waals surface area contributed by atoms with E-state index < -0.39 is 11.6 Å². The van der Waals surface area contributed by atoms with Gasteiger partial charge in [-0.05, 0) is 30.2 Å². The van der Waals surface area contributed by atoms with Crippen LogP contribution in [0.1, 0.15) is 19.4 Å². The third kappa shape index (κ3) is 2.23. The van der Waals surface area contributed by atoms with E-state index in [0.717, 1.165) is 16.3 Å². The first-order valence-electron chi connectivity index (χ1n) is 5.50. The van der Waals surface area contributed by atoms with Crippen molar-refractivity contribution in [3.63, 3.8) is 0 Å². The Morgan fingerprint density at radius 3 is 2.47 bits per heavy atom. The highest BCUT2D eigenvalue weighted by atomic mass is 16.4. The minimum atomic E-state index is -1.01. The van der Waals surface area contributed by atoms with E-state index in [1.165, 1.54) is 0 Å². The zero-order chi connectivity index (χ0) is 12.5. The number of hydrogen-bond acceptors (Lipinski definition) is 1. The molecule has 88 valence electrons. The maximum absolute atomic E-state index is 10.8. The molecule has 0 heterocycles. The predicted octanol–water partition coefficient (Wildman–Crippen LogP) is 3.34. The van der Waals surface area contributed by atoms with E-state index in [1.807, 2.05) is 56.3 Å². The molecule has 0 radical (unpaired) electrons. The van der Waals surface area contributed by atoms with Gasteiger partial charge >= 0.3 is 6.09 Å². The van der Waals surface area contributed by atoms with Gasteiger partial charge in [-0.3, -0.25) is 0 Å². The van der Waals surface area contributed by atoms with Gasteiger partial charge in [0, 0.05) is 0 Å². The fourth-order valence-electron chi connectivity index (χ4n) is 2.11. The molecule has 0 aliphatic heterocycles. The summed E-state index contributed by atoms with van der Waals surface area (Å²) in [7, 11) is 0. The Bertz CT molecular complexity index is 556. The number of amides is 1. The maximum atomic E-state index is 10.8. The van der Waals surface area contributed by atoms with Crippen LogP contribution in [0.15, 0.2) is 42.5 Å². The average molecular weight is 229 g/mol. The molecule has 0 aromatic heterocycles. The van der Waals surface area contributed by atoms with Crippen molar-refractivity contribution in [3.8, 4) is 0 Å². The van der Waals surface area contributed by atoms with Gasteiger partial charge in [-0.15, -0.1) is 0 Å². The molecule has 2 N–H and O–H groups in total. The first-order valence-corrected chi connectivity index (χ1v) is 5.50. The van der Waals surface area contributed by atoms with E-state index in [9.17, 15) is 4.79 Å². The zero-order valence-electron chi connectivity index (χ0n) is 9.90. The van der Waals surface area contributed by atoms with Gasteiger partial charge < -0.3 is 10.4 Å². The van der Waals surface area contributed by atoms with Crippen LogP contribution in [0, 0.1) is 0 Å². The number of nitrogens with one attached hydrogen (secondary N) is 1. The molecule has 2 aromatic carbocycles. The van der Waals surface area contributed by atoms with Gasteiger partial charge in [-0.25, -0.2) is 4.79 Å². The Kier molecular flexibility index (Phi) is 2.76. The molecule has 0 unspecified atom stereocenters. The summed E-state index contributed by atoms with van der Waals surface area (Å²) in [6.45, 7) is 3.73. The molecular formula is C14H15NO2. The molecule has 3 heteroatoms. The number of benzene rings is 2. The first kappa shape index (κ1) is 11.5. The van der Waals surface area contributed by atoms with Crippen molar-refractivity contribution < 1.29 is 9.90 Å². The quantitative estimate of drug-likeness (QED) is 0.829. The van der Waals surface area contributed by atoms with Crippen molar-refractivity contribution in [3.05, 3.63) is 48.0 Å². The Labute approximate surface area is 100 Å². The van der Waals surface area contributed by atoms with Crippen LogP contribution < -0.4 is 5.32 Å². The fraction of sp³-hybridized carbons (Fsp3) is 0.214. The van der Waals surface area contributed by atoms with E-state index in [0.29, 0.717) is 0 Å². The van der Waals surface area contributed by atoms with Crippen molar-refractivity contribution in [2.75, 3.05) is 0 Å². The van der Waals surface area contributed by atoms with Crippen LogP contribution in [0.4, 0.5) is 4.79 Å². The average Bonchev–Trinajstić information content (AvgIpc) is 2.26. The smallest absolute Gasteiger partial charge is 0.405 e. The zero-order valence-corrected chi connectivity index (χ0v) is 9.90. The van der Waals surface area contributed by atoms with E-state index >= 15 is 0 Å². The number of fused-ring (bicyclic) bond motifs is 1. The van der Waals surface area contributed by atoms with Gasteiger partial charge in [0.15, 0.2) is 0 Å². The predicted molar refractivity (Wildman–Crippen MR) is 68.1 cm³/mol. The molecule has 2 aromatic rings. The van der Waals surface area contributed by atoms with Crippen LogP contribution in [-0.4, -0.2) is 11.2 Å². The highest BCUT2D eigenvalue weighted by Crippen LogP contribution is 2.28. The van der Waals surface area contributed by atoms with Gasteiger partial charge in [0.05, 0.1) is 5.54 Å². The molecule has 17 heavy (non-hydrogen) atoms. The summed E-state index contributed by atoms with van der Waals surface area (Å²) in [5.74, 6) is 0. The van der Waals surface area contributed by atoms with Crippen molar-refractivity contribution in [1.82, 2.24) is 5.32 Å². The Morgan fingerprint density at radius 2 is 1.76 bits per heavy atom. The largest absolute Gasteiger partial charge is 0.465 e. The molecular weight excluding hydrogens is 214 g/mol. The fourth-order valence-corrected chi connectivity index (χ4v) is 2.11. The summed E-state index contributed by atoms with van der Waals surface area (Å²) >= 11 is 0. The van der Waals surface area contributed by atoms with Crippen molar-refractivity contribution in [2.24, 2.45) is 0 Å². The Morgan fingerprint density at radius 1 is 1.12 bits per heavy atom. The highest BCUT2D eigenvalue weighted by molar-refractivity contribution is 5.87. The van der Waals surface area contributed by atoms with Crippen LogP contribution >= 0.6 is 0 Å². The third-order valence-corrected chi connectivity index (χ3v) is 2.88. The normalized spacial score (nSPS) is 11.4. The Balaban J connectivity index is 2.58. The number of carbonyl (C=O) groups is 1. The van der Waals surface area contributed by atoms with Crippen molar-refractivity contribution in [2.45, 2.75) is 19.4 Å². The lowest BCUT2D eigenvalue weighted by Gasteiger charge is -2.26. The molecule has 0 aliphatic rings. The number of rotatable bonds is 2. The summed E-state index contributed by atoms with van der Waals surface area (Å²) in [4.78, 5) is 10.8. The molecule has 0 bridgehead atoms. The molecule has 0 atom stereocenters. The lowest BCUT2D eigenvalue weighted by molar-refractivity contribution is 0.182. The van der Waals surface area contributed by atoms with Gasteiger partial charge in [0.1, 0.15) is 0 Å². The topological polar surface area (TPSA) is 49.3 Å². The van der Waals surface area contributed by atoms with Crippen LogP contribution in [0.3, 0.4) is 0 Å². The summed E-state index contributed by atoms with van der Waals surface area (Å²) in [6.07, 6.45) is -1.01. The third-order valence-electron chi connectivity index (χ3n) is 2.88.